The van der Waals surface area contributed by atoms with Crippen molar-refractivity contribution in [1.82, 2.24) is 0 Å². The van der Waals surface area contributed by atoms with Gasteiger partial charge in [0.15, 0.2) is 0 Å². The summed E-state index contributed by atoms with van der Waals surface area (Å²) in [5.74, 6) is 0. The fraction of sp³-hybridized carbons (Fsp3) is 0.636. The molecule has 1 aliphatic rings. The van der Waals surface area contributed by atoms with Gasteiger partial charge in [-0.1, -0.05) is 23.4 Å². The maximum atomic E-state index is 9.88. The van der Waals surface area contributed by atoms with Gasteiger partial charge in [0, 0.05) is 0 Å². The van der Waals surface area contributed by atoms with E-state index in [2.05, 4.69) is 31.3 Å². The van der Waals surface area contributed by atoms with Gasteiger partial charge in [-0.25, -0.2) is 0 Å². The minimum absolute atomic E-state index is 1.00. The molecule has 98 valence electrons. The third kappa shape index (κ3) is 5.02. The standard InChI is InChI=1S/C11H24O3Si3/c1-15(2,11-9-7-8-10-11)13-17(5,6)14-16(3,4)12/h7-9,12H,10H2,1-6H3. The molecule has 1 rings (SSSR count). The molecule has 0 radical (unpaired) electrons. The molecular formula is C11H24O3Si3. The van der Waals surface area contributed by atoms with Crippen LogP contribution in [0.2, 0.25) is 39.3 Å². The van der Waals surface area contributed by atoms with Gasteiger partial charge in [0.1, 0.15) is 0 Å². The van der Waals surface area contributed by atoms with Crippen LogP contribution in [0.25, 0.3) is 0 Å². The van der Waals surface area contributed by atoms with Crippen molar-refractivity contribution in [3.8, 4) is 0 Å². The molecule has 0 unspecified atom stereocenters. The Kier molecular flexibility index (Phi) is 4.38. The van der Waals surface area contributed by atoms with Gasteiger partial charge < -0.3 is 13.0 Å². The topological polar surface area (TPSA) is 38.7 Å². The maximum Gasteiger partial charge on any atom is 0.320 e. The van der Waals surface area contributed by atoms with E-state index in [0.717, 1.165) is 6.42 Å². The number of allylic oxidation sites excluding steroid dienone is 4. The predicted molar refractivity (Wildman–Crippen MR) is 78.7 cm³/mol. The summed E-state index contributed by atoms with van der Waals surface area (Å²) in [7, 11) is -6.60. The van der Waals surface area contributed by atoms with Crippen molar-refractivity contribution in [3.05, 3.63) is 23.4 Å². The largest absolute Gasteiger partial charge is 0.433 e. The van der Waals surface area contributed by atoms with E-state index in [4.69, 9.17) is 8.23 Å². The third-order valence-electron chi connectivity index (χ3n) is 2.54. The summed E-state index contributed by atoms with van der Waals surface area (Å²) in [5.41, 5.74) is 0. The van der Waals surface area contributed by atoms with Crippen LogP contribution in [0.5, 0.6) is 0 Å². The van der Waals surface area contributed by atoms with Gasteiger partial charge in [-0.3, -0.25) is 0 Å². The van der Waals surface area contributed by atoms with Crippen LogP contribution in [-0.4, -0.2) is 30.2 Å². The fourth-order valence-electron chi connectivity index (χ4n) is 2.20. The quantitative estimate of drug-likeness (QED) is 0.790. The van der Waals surface area contributed by atoms with Crippen molar-refractivity contribution < 1.29 is 13.0 Å². The molecule has 0 saturated carbocycles. The average Bonchev–Trinajstić information content (AvgIpc) is 2.46. The van der Waals surface area contributed by atoms with E-state index < -0.39 is 25.4 Å². The molecule has 0 heterocycles. The number of hydrogen-bond acceptors (Lipinski definition) is 3. The molecule has 0 bridgehead atoms. The van der Waals surface area contributed by atoms with Crippen LogP contribution in [0.3, 0.4) is 0 Å². The summed E-state index contributed by atoms with van der Waals surface area (Å²) >= 11 is 0. The Labute approximate surface area is 108 Å². The van der Waals surface area contributed by atoms with Crippen molar-refractivity contribution >= 4 is 25.4 Å². The first-order chi connectivity index (χ1) is 7.52. The van der Waals surface area contributed by atoms with Crippen LogP contribution in [0.1, 0.15) is 6.42 Å². The predicted octanol–water partition coefficient (Wildman–Crippen LogP) is 3.05. The molecule has 17 heavy (non-hydrogen) atoms. The first-order valence-corrected chi connectivity index (χ1v) is 14.6. The van der Waals surface area contributed by atoms with Gasteiger partial charge in [-0.15, -0.1) is 0 Å². The first kappa shape index (κ1) is 15.1. The van der Waals surface area contributed by atoms with Crippen molar-refractivity contribution in [1.29, 1.82) is 0 Å². The second-order valence-electron chi connectivity index (χ2n) is 5.89. The average molecular weight is 289 g/mol. The zero-order valence-corrected chi connectivity index (χ0v) is 14.7. The molecule has 0 spiro atoms. The Balaban J connectivity index is 2.69. The van der Waals surface area contributed by atoms with Gasteiger partial charge in [-0.05, 0) is 45.7 Å². The van der Waals surface area contributed by atoms with E-state index in [1.807, 2.05) is 13.1 Å². The zero-order valence-electron chi connectivity index (χ0n) is 11.7. The molecule has 0 aromatic rings. The summed E-state index contributed by atoms with van der Waals surface area (Å²) in [6.07, 6.45) is 7.42. The van der Waals surface area contributed by atoms with Gasteiger partial charge in [0.25, 0.3) is 0 Å². The Hall–Kier alpha value is 0.0106. The number of rotatable bonds is 5. The summed E-state index contributed by atoms with van der Waals surface area (Å²) in [6, 6.07) is 0. The first-order valence-electron chi connectivity index (χ1n) is 6.01. The Bertz CT molecular complexity index is 340. The molecule has 0 aromatic carbocycles. The number of hydrogen-bond donors (Lipinski definition) is 1. The molecule has 1 N–H and O–H groups in total. The van der Waals surface area contributed by atoms with Crippen LogP contribution >= 0.6 is 0 Å². The highest BCUT2D eigenvalue weighted by molar-refractivity contribution is 6.89. The third-order valence-corrected chi connectivity index (χ3v) is 12.4. The molecule has 1 aliphatic carbocycles. The minimum atomic E-state index is -2.51. The molecular weight excluding hydrogens is 264 g/mol. The van der Waals surface area contributed by atoms with Gasteiger partial charge >= 0.3 is 17.1 Å². The van der Waals surface area contributed by atoms with Gasteiger partial charge in [0.05, 0.1) is 0 Å². The highest BCUT2D eigenvalue weighted by Crippen LogP contribution is 2.28. The van der Waals surface area contributed by atoms with Crippen LogP contribution in [0.15, 0.2) is 23.4 Å². The molecule has 0 aromatic heterocycles. The molecule has 0 atom stereocenters. The SMILES string of the molecule is C[Si](C)(O)O[Si](C)(C)O[Si](C)(C)C1=CC=CC1. The normalized spacial score (nSPS) is 17.5. The van der Waals surface area contributed by atoms with E-state index in [1.54, 1.807) is 13.1 Å². The van der Waals surface area contributed by atoms with Crippen LogP contribution in [0.4, 0.5) is 0 Å². The van der Waals surface area contributed by atoms with Crippen LogP contribution < -0.4 is 0 Å². The lowest BCUT2D eigenvalue weighted by atomic mass is 10.5. The Morgan fingerprint density at radius 2 is 1.65 bits per heavy atom. The maximum absolute atomic E-state index is 9.88. The van der Waals surface area contributed by atoms with Crippen molar-refractivity contribution in [3.63, 3.8) is 0 Å². The molecule has 6 heteroatoms. The second kappa shape index (κ2) is 4.94. The van der Waals surface area contributed by atoms with Gasteiger partial charge in [-0.2, -0.15) is 0 Å². The lowest BCUT2D eigenvalue weighted by Gasteiger charge is -2.37. The molecule has 0 saturated heterocycles. The van der Waals surface area contributed by atoms with E-state index in [1.165, 1.54) is 5.20 Å². The smallest absolute Gasteiger partial charge is 0.320 e. The highest BCUT2D eigenvalue weighted by atomic mass is 28.5. The second-order valence-corrected chi connectivity index (χ2v) is 16.9. The van der Waals surface area contributed by atoms with E-state index in [-0.39, 0.29) is 0 Å². The van der Waals surface area contributed by atoms with Crippen LogP contribution in [0, 0.1) is 0 Å². The van der Waals surface area contributed by atoms with Crippen molar-refractivity contribution in [2.75, 3.05) is 0 Å². The van der Waals surface area contributed by atoms with Crippen molar-refractivity contribution in [2.45, 2.75) is 45.7 Å². The lowest BCUT2D eigenvalue weighted by Crippen LogP contribution is -2.53. The fourth-order valence-corrected chi connectivity index (χ4v) is 14.1. The summed E-state index contributed by atoms with van der Waals surface area (Å²) in [4.78, 5) is 9.88. The molecule has 3 nitrogen and oxygen atoms in total. The van der Waals surface area contributed by atoms with E-state index in [0.29, 0.717) is 0 Å². The summed E-state index contributed by atoms with van der Waals surface area (Å²) in [6.45, 7) is 12.0. The zero-order chi connectivity index (χ0) is 13.3. The van der Waals surface area contributed by atoms with Crippen molar-refractivity contribution in [2.24, 2.45) is 0 Å². The van der Waals surface area contributed by atoms with E-state index >= 15 is 0 Å². The molecule has 0 amide bonds. The van der Waals surface area contributed by atoms with Crippen LogP contribution in [-0.2, 0) is 8.23 Å². The monoisotopic (exact) mass is 288 g/mol. The van der Waals surface area contributed by atoms with Gasteiger partial charge in [0.2, 0.25) is 8.32 Å². The lowest BCUT2D eigenvalue weighted by molar-refractivity contribution is 0.326. The molecule has 0 fully saturated rings. The Morgan fingerprint density at radius 3 is 2.06 bits per heavy atom. The highest BCUT2D eigenvalue weighted by Gasteiger charge is 2.40. The summed E-state index contributed by atoms with van der Waals surface area (Å²) < 4.78 is 12.1. The minimum Gasteiger partial charge on any atom is -0.433 e. The summed E-state index contributed by atoms with van der Waals surface area (Å²) in [5, 5.41) is 1.40. The Morgan fingerprint density at radius 1 is 1.06 bits per heavy atom. The van der Waals surface area contributed by atoms with E-state index in [9.17, 15) is 4.80 Å². The molecule has 0 aliphatic heterocycles.